The van der Waals surface area contributed by atoms with Crippen LogP contribution in [0.3, 0.4) is 0 Å². The molecule has 2 atom stereocenters. The lowest BCUT2D eigenvalue weighted by Crippen LogP contribution is -2.38. The average molecular weight is 432 g/mol. The summed E-state index contributed by atoms with van der Waals surface area (Å²) in [6.07, 6.45) is 2.12. The summed E-state index contributed by atoms with van der Waals surface area (Å²) in [5.41, 5.74) is 0.321. The van der Waals surface area contributed by atoms with Crippen molar-refractivity contribution in [1.82, 2.24) is 30.6 Å². The van der Waals surface area contributed by atoms with E-state index in [2.05, 4.69) is 41.2 Å². The molecule has 2 aromatic rings. The second-order valence-electron chi connectivity index (χ2n) is 7.40. The third kappa shape index (κ3) is 8.68. The number of hydrogen-bond acceptors (Lipinski definition) is 6. The molecule has 2 aromatic heterocycles. The Labute approximate surface area is 178 Å². The number of aromatic nitrogens is 4. The summed E-state index contributed by atoms with van der Waals surface area (Å²) in [7, 11) is 0. The molecule has 0 aliphatic rings. The molecule has 0 bridgehead atoms. The van der Waals surface area contributed by atoms with Crippen molar-refractivity contribution in [3.05, 3.63) is 44.2 Å². The third-order valence-electron chi connectivity index (χ3n) is 4.23. The van der Waals surface area contributed by atoms with Gasteiger partial charge in [0.15, 0.2) is 0 Å². The van der Waals surface area contributed by atoms with Gasteiger partial charge in [0.25, 0.3) is 11.1 Å². The molecule has 168 valence electrons. The van der Waals surface area contributed by atoms with Crippen LogP contribution in [-0.2, 0) is 0 Å². The quantitative estimate of drug-likeness (QED) is 0.367. The molecular weight excluding hydrogens is 404 g/mol. The number of aromatic amines is 2. The predicted molar refractivity (Wildman–Crippen MR) is 116 cm³/mol. The molecule has 0 aliphatic carbocycles. The molecule has 0 spiro atoms. The molecule has 4 amide bonds. The van der Waals surface area contributed by atoms with Crippen molar-refractivity contribution in [2.75, 3.05) is 10.6 Å². The highest BCUT2D eigenvalue weighted by Gasteiger charge is 2.12. The van der Waals surface area contributed by atoms with E-state index < -0.39 is 12.1 Å². The van der Waals surface area contributed by atoms with Crippen LogP contribution in [0.2, 0.25) is 0 Å². The fraction of sp³-hybridized carbons (Fsp3) is 0.474. The van der Waals surface area contributed by atoms with Crippen LogP contribution in [0.15, 0.2) is 21.7 Å². The van der Waals surface area contributed by atoms with Crippen molar-refractivity contribution < 1.29 is 9.59 Å². The number of amides is 4. The van der Waals surface area contributed by atoms with E-state index in [0.717, 1.165) is 6.42 Å². The molecule has 0 saturated heterocycles. The standard InChI is InChI=1S/C19H28N8O4/c1-10(22-18(30)26-16-20-12(3)8-14(28)24-16)6-5-7-11(2)23-19(31)27-17-21-13(4)9-15(29)25-17/h8-11H,5-7H2,1-4H3,(H3,20,22,24,26,28,30)(H3,21,23,25,27,29,31)/t10-,11-/m1/s1. The van der Waals surface area contributed by atoms with Gasteiger partial charge in [-0.05, 0) is 47.0 Å². The highest BCUT2D eigenvalue weighted by atomic mass is 16.2. The first-order valence-corrected chi connectivity index (χ1v) is 9.91. The molecule has 0 fully saturated rings. The highest BCUT2D eigenvalue weighted by Crippen LogP contribution is 2.05. The second-order valence-corrected chi connectivity index (χ2v) is 7.40. The molecule has 0 aromatic carbocycles. The first-order valence-electron chi connectivity index (χ1n) is 9.91. The zero-order chi connectivity index (χ0) is 23.0. The molecular formula is C19H28N8O4. The number of hydrogen-bond donors (Lipinski definition) is 6. The summed E-state index contributed by atoms with van der Waals surface area (Å²) in [4.78, 5) is 59.8. The van der Waals surface area contributed by atoms with Crippen molar-refractivity contribution in [3.63, 3.8) is 0 Å². The molecule has 2 rings (SSSR count). The molecule has 6 N–H and O–H groups in total. The van der Waals surface area contributed by atoms with E-state index >= 15 is 0 Å². The van der Waals surface area contributed by atoms with E-state index in [0.29, 0.717) is 24.2 Å². The maximum absolute atomic E-state index is 12.0. The summed E-state index contributed by atoms with van der Waals surface area (Å²) in [5.74, 6) is 0.172. The van der Waals surface area contributed by atoms with Gasteiger partial charge in [-0.25, -0.2) is 19.6 Å². The van der Waals surface area contributed by atoms with Crippen molar-refractivity contribution in [3.8, 4) is 0 Å². The molecule has 31 heavy (non-hydrogen) atoms. The summed E-state index contributed by atoms with van der Waals surface area (Å²) < 4.78 is 0. The lowest BCUT2D eigenvalue weighted by atomic mass is 10.1. The van der Waals surface area contributed by atoms with Crippen LogP contribution in [0.1, 0.15) is 44.5 Å². The number of rotatable bonds is 8. The molecule has 0 saturated carbocycles. The highest BCUT2D eigenvalue weighted by molar-refractivity contribution is 5.88. The number of nitrogens with zero attached hydrogens (tertiary/aromatic N) is 2. The lowest BCUT2D eigenvalue weighted by molar-refractivity contribution is 0.247. The maximum Gasteiger partial charge on any atom is 0.321 e. The van der Waals surface area contributed by atoms with Gasteiger partial charge >= 0.3 is 12.1 Å². The third-order valence-corrected chi connectivity index (χ3v) is 4.23. The van der Waals surface area contributed by atoms with Crippen LogP contribution in [0.4, 0.5) is 21.5 Å². The lowest BCUT2D eigenvalue weighted by Gasteiger charge is -2.17. The number of carbonyl (C=O) groups excluding carboxylic acids is 2. The topological polar surface area (TPSA) is 174 Å². The van der Waals surface area contributed by atoms with Gasteiger partial charge in [-0.15, -0.1) is 0 Å². The van der Waals surface area contributed by atoms with E-state index in [4.69, 9.17) is 0 Å². The minimum absolute atomic E-state index is 0.0861. The van der Waals surface area contributed by atoms with Crippen molar-refractivity contribution in [1.29, 1.82) is 0 Å². The zero-order valence-corrected chi connectivity index (χ0v) is 18.0. The molecule has 0 aliphatic heterocycles. The predicted octanol–water partition coefficient (Wildman–Crippen LogP) is 1.36. The maximum atomic E-state index is 12.0. The van der Waals surface area contributed by atoms with Crippen LogP contribution < -0.4 is 32.4 Å². The van der Waals surface area contributed by atoms with Crippen LogP contribution in [0.5, 0.6) is 0 Å². The van der Waals surface area contributed by atoms with E-state index in [1.54, 1.807) is 13.8 Å². The smallest absolute Gasteiger partial charge is 0.321 e. The minimum atomic E-state index is -0.466. The number of aryl methyl sites for hydroxylation is 2. The van der Waals surface area contributed by atoms with Gasteiger partial charge in [0.2, 0.25) is 11.9 Å². The van der Waals surface area contributed by atoms with Crippen LogP contribution in [0, 0.1) is 13.8 Å². The normalized spacial score (nSPS) is 12.5. The van der Waals surface area contributed by atoms with Crippen LogP contribution >= 0.6 is 0 Å². The average Bonchev–Trinajstić information content (AvgIpc) is 2.59. The Kier molecular flexibility index (Phi) is 8.29. The van der Waals surface area contributed by atoms with Gasteiger partial charge in [-0.1, -0.05) is 0 Å². The van der Waals surface area contributed by atoms with Crippen molar-refractivity contribution in [2.24, 2.45) is 0 Å². The monoisotopic (exact) mass is 432 g/mol. The Hall–Kier alpha value is -3.70. The first kappa shape index (κ1) is 23.6. The van der Waals surface area contributed by atoms with Gasteiger partial charge in [0, 0.05) is 35.6 Å². The van der Waals surface area contributed by atoms with Crippen molar-refractivity contribution in [2.45, 2.75) is 59.0 Å². The minimum Gasteiger partial charge on any atom is -0.335 e. The Morgan fingerprint density at radius 3 is 1.58 bits per heavy atom. The molecule has 0 radical (unpaired) electrons. The zero-order valence-electron chi connectivity index (χ0n) is 18.0. The van der Waals surface area contributed by atoms with E-state index in [1.807, 2.05) is 13.8 Å². The molecule has 0 unspecified atom stereocenters. The van der Waals surface area contributed by atoms with E-state index in [1.165, 1.54) is 12.1 Å². The fourth-order valence-electron chi connectivity index (χ4n) is 2.89. The van der Waals surface area contributed by atoms with Crippen LogP contribution in [0.25, 0.3) is 0 Å². The van der Waals surface area contributed by atoms with E-state index in [-0.39, 0.29) is 35.1 Å². The van der Waals surface area contributed by atoms with Crippen LogP contribution in [-0.4, -0.2) is 44.1 Å². The number of nitrogens with one attached hydrogen (secondary N) is 6. The summed E-state index contributed by atoms with van der Waals surface area (Å²) >= 11 is 0. The van der Waals surface area contributed by atoms with Gasteiger partial charge < -0.3 is 10.6 Å². The Morgan fingerprint density at radius 1 is 0.839 bits per heavy atom. The van der Waals surface area contributed by atoms with Crippen molar-refractivity contribution >= 4 is 24.0 Å². The molecule has 12 nitrogen and oxygen atoms in total. The molecule has 2 heterocycles. The number of H-pyrrole nitrogens is 2. The van der Waals surface area contributed by atoms with Gasteiger partial charge in [-0.3, -0.25) is 30.2 Å². The van der Waals surface area contributed by atoms with Gasteiger partial charge in [0.05, 0.1) is 0 Å². The largest absolute Gasteiger partial charge is 0.335 e. The first-order chi connectivity index (χ1) is 14.6. The SMILES string of the molecule is Cc1cc(=O)[nH]c(NC(=O)N[C@H](C)CCC[C@@H](C)NC(=O)Nc2nc(C)cc(=O)[nH]2)n1. The summed E-state index contributed by atoms with van der Waals surface area (Å²) in [6.45, 7) is 7.04. The number of carbonyl (C=O) groups is 2. The summed E-state index contributed by atoms with van der Waals surface area (Å²) in [5, 5.41) is 10.5. The Balaban J connectivity index is 1.69. The Morgan fingerprint density at radius 2 is 1.23 bits per heavy atom. The Bertz CT molecular complexity index is 951. The molecule has 12 heteroatoms. The fourth-order valence-corrected chi connectivity index (χ4v) is 2.89. The number of urea groups is 2. The van der Waals surface area contributed by atoms with E-state index in [9.17, 15) is 19.2 Å². The second kappa shape index (κ2) is 10.9. The van der Waals surface area contributed by atoms with Gasteiger partial charge in [-0.2, -0.15) is 0 Å². The summed E-state index contributed by atoms with van der Waals surface area (Å²) in [6, 6.07) is 1.48. The number of anilines is 2. The van der Waals surface area contributed by atoms with Gasteiger partial charge in [0.1, 0.15) is 0 Å².